The highest BCUT2D eigenvalue weighted by Crippen LogP contribution is 2.33. The van der Waals surface area contributed by atoms with Crippen LogP contribution in [-0.4, -0.2) is 61.2 Å². The number of nitrogens with one attached hydrogen (secondary N) is 1. The van der Waals surface area contributed by atoms with Gasteiger partial charge in [0.1, 0.15) is 17.6 Å². The lowest BCUT2D eigenvalue weighted by Crippen LogP contribution is -2.61. The van der Waals surface area contributed by atoms with Gasteiger partial charge in [0.25, 0.3) is 0 Å². The molecule has 1 aromatic carbocycles. The standard InChI is InChI=1S/C23H25F2N7O2/c1-31-11-15(24)21(28-23(31)34)12-6-7-14(18(33)8-12)22-26-10-19(29-30-22)32(2)17-9-13-4-3-5-16(27-13)20(17)25/h6-8,10-11,13,16-17,20,27,33H,3-5,9H2,1-2H3/t13-,16+,17+,20-/m1/s1. The van der Waals surface area contributed by atoms with Crippen molar-refractivity contribution < 1.29 is 13.9 Å². The van der Waals surface area contributed by atoms with E-state index >= 15 is 4.39 Å². The van der Waals surface area contributed by atoms with Crippen LogP contribution in [0.3, 0.4) is 0 Å². The van der Waals surface area contributed by atoms with Gasteiger partial charge in [-0.15, -0.1) is 10.2 Å². The second kappa shape index (κ2) is 8.71. The number of phenolic OH excluding ortho intramolecular Hbond substituents is 1. The molecule has 4 atom stereocenters. The van der Waals surface area contributed by atoms with Gasteiger partial charge in [-0.25, -0.2) is 18.6 Å². The summed E-state index contributed by atoms with van der Waals surface area (Å²) in [6.07, 6.45) is 5.13. The highest BCUT2D eigenvalue weighted by Gasteiger charge is 2.42. The molecule has 0 amide bonds. The lowest BCUT2D eigenvalue weighted by molar-refractivity contribution is 0.107. The zero-order valence-electron chi connectivity index (χ0n) is 18.8. The maximum Gasteiger partial charge on any atom is 0.348 e. The van der Waals surface area contributed by atoms with E-state index in [1.54, 1.807) is 11.9 Å². The fraction of sp³-hybridized carbons (Fsp3) is 0.435. The van der Waals surface area contributed by atoms with Crippen molar-refractivity contribution in [2.75, 3.05) is 11.9 Å². The smallest absolute Gasteiger partial charge is 0.348 e. The van der Waals surface area contributed by atoms with E-state index in [-0.39, 0.29) is 40.5 Å². The van der Waals surface area contributed by atoms with Gasteiger partial charge < -0.3 is 15.3 Å². The van der Waals surface area contributed by atoms with Crippen LogP contribution >= 0.6 is 0 Å². The number of anilines is 1. The lowest BCUT2D eigenvalue weighted by atomic mass is 9.82. The number of hydrogen-bond acceptors (Lipinski definition) is 8. The molecule has 2 saturated heterocycles. The van der Waals surface area contributed by atoms with Crippen molar-refractivity contribution >= 4 is 5.82 Å². The van der Waals surface area contributed by atoms with Crippen molar-refractivity contribution in [1.82, 2.24) is 30.0 Å². The van der Waals surface area contributed by atoms with Gasteiger partial charge in [-0.1, -0.05) is 12.5 Å². The van der Waals surface area contributed by atoms with E-state index in [0.717, 1.165) is 30.0 Å². The number of aromatic hydroxyl groups is 1. The van der Waals surface area contributed by atoms with Crippen LogP contribution in [0.5, 0.6) is 5.75 Å². The third-order valence-corrected chi connectivity index (χ3v) is 6.76. The van der Waals surface area contributed by atoms with Crippen molar-refractivity contribution in [2.45, 2.75) is 50.0 Å². The summed E-state index contributed by atoms with van der Waals surface area (Å²) in [5, 5.41) is 22.2. The average Bonchev–Trinajstić information content (AvgIpc) is 2.83. The van der Waals surface area contributed by atoms with Gasteiger partial charge in [0.15, 0.2) is 17.5 Å². The predicted octanol–water partition coefficient (Wildman–Crippen LogP) is 2.20. The monoisotopic (exact) mass is 469 g/mol. The molecule has 0 radical (unpaired) electrons. The fourth-order valence-electron chi connectivity index (χ4n) is 4.86. The minimum atomic E-state index is -1.01. The van der Waals surface area contributed by atoms with Crippen LogP contribution in [0.4, 0.5) is 14.6 Å². The van der Waals surface area contributed by atoms with Crippen molar-refractivity contribution in [3.8, 4) is 28.4 Å². The summed E-state index contributed by atoms with van der Waals surface area (Å²) in [5.41, 5.74) is -0.241. The molecule has 0 saturated carbocycles. The normalized spacial score (nSPS) is 24.1. The van der Waals surface area contributed by atoms with E-state index in [1.165, 1.54) is 31.4 Å². The van der Waals surface area contributed by atoms with Crippen LogP contribution in [0.25, 0.3) is 22.6 Å². The topological polar surface area (TPSA) is 109 Å². The first kappa shape index (κ1) is 22.3. The van der Waals surface area contributed by atoms with Crippen molar-refractivity contribution in [3.05, 3.63) is 46.9 Å². The summed E-state index contributed by atoms with van der Waals surface area (Å²) in [6.45, 7) is 0. The first-order valence-electron chi connectivity index (χ1n) is 11.2. The molecule has 11 heteroatoms. The van der Waals surface area contributed by atoms with E-state index in [0.29, 0.717) is 18.3 Å². The summed E-state index contributed by atoms with van der Waals surface area (Å²) in [5.74, 6) is -0.290. The lowest BCUT2D eigenvalue weighted by Gasteiger charge is -2.45. The zero-order valence-corrected chi connectivity index (χ0v) is 18.8. The summed E-state index contributed by atoms with van der Waals surface area (Å²) in [6, 6.07) is 4.18. The largest absolute Gasteiger partial charge is 0.507 e. The van der Waals surface area contributed by atoms with Gasteiger partial charge in [0.05, 0.1) is 17.8 Å². The Kier molecular flexibility index (Phi) is 5.72. The third kappa shape index (κ3) is 4.00. The highest BCUT2D eigenvalue weighted by atomic mass is 19.1. The van der Waals surface area contributed by atoms with Gasteiger partial charge in [-0.05, 0) is 31.4 Å². The van der Waals surface area contributed by atoms with Gasteiger partial charge in [0, 0.05) is 37.9 Å². The molecule has 2 N–H and O–H groups in total. The van der Waals surface area contributed by atoms with Crippen LogP contribution in [0, 0.1) is 5.82 Å². The Morgan fingerprint density at radius 1 is 1.26 bits per heavy atom. The van der Waals surface area contributed by atoms with Gasteiger partial charge in [-0.3, -0.25) is 4.57 Å². The number of halogens is 2. The molecule has 3 aromatic rings. The van der Waals surface area contributed by atoms with Crippen molar-refractivity contribution in [3.63, 3.8) is 0 Å². The number of aryl methyl sites for hydroxylation is 1. The van der Waals surface area contributed by atoms with E-state index in [4.69, 9.17) is 0 Å². The molecule has 9 nitrogen and oxygen atoms in total. The summed E-state index contributed by atoms with van der Waals surface area (Å²) < 4.78 is 30.4. The van der Waals surface area contributed by atoms with Gasteiger partial charge in [-0.2, -0.15) is 4.98 Å². The first-order valence-corrected chi connectivity index (χ1v) is 11.2. The molecular formula is C23H25F2N7O2. The molecule has 4 heterocycles. The van der Waals surface area contributed by atoms with Crippen LogP contribution < -0.4 is 15.9 Å². The number of hydrogen-bond donors (Lipinski definition) is 2. The van der Waals surface area contributed by atoms with E-state index in [9.17, 15) is 14.3 Å². The Morgan fingerprint density at radius 2 is 2.09 bits per heavy atom. The van der Waals surface area contributed by atoms with E-state index in [2.05, 4.69) is 25.5 Å². The average molecular weight is 469 g/mol. The Bertz CT molecular complexity index is 1270. The Labute approximate surface area is 194 Å². The summed E-state index contributed by atoms with van der Waals surface area (Å²) in [7, 11) is 3.19. The Hall–Kier alpha value is -3.47. The number of rotatable bonds is 4. The summed E-state index contributed by atoms with van der Waals surface area (Å²) in [4.78, 5) is 21.6. The quantitative estimate of drug-likeness (QED) is 0.599. The van der Waals surface area contributed by atoms with Crippen LogP contribution in [-0.2, 0) is 7.05 Å². The predicted molar refractivity (Wildman–Crippen MR) is 122 cm³/mol. The number of nitrogens with zero attached hydrogens (tertiary/aromatic N) is 6. The second-order valence-electron chi connectivity index (χ2n) is 8.96. The van der Waals surface area contributed by atoms with Crippen LogP contribution in [0.2, 0.25) is 0 Å². The minimum absolute atomic E-state index is 0.139. The highest BCUT2D eigenvalue weighted by molar-refractivity contribution is 5.71. The fourth-order valence-corrected chi connectivity index (χ4v) is 4.86. The Balaban J connectivity index is 1.37. The number of alkyl halides is 1. The molecule has 2 aliphatic heterocycles. The number of fused-ring (bicyclic) bond motifs is 2. The SMILES string of the molecule is CN(c1cnc(-c2ccc(-c3nc(=O)n(C)cc3F)cc2O)nn1)[C@H]1C[C@H]2CCC[C@H](N2)[C@H]1F. The first-order chi connectivity index (χ1) is 16.3. The Morgan fingerprint density at radius 3 is 2.82 bits per heavy atom. The maximum absolute atomic E-state index is 15.0. The molecule has 0 aliphatic carbocycles. The third-order valence-electron chi connectivity index (χ3n) is 6.76. The molecule has 2 aliphatic rings. The molecule has 0 unspecified atom stereocenters. The number of piperidine rings is 2. The molecule has 2 bridgehead atoms. The minimum Gasteiger partial charge on any atom is -0.507 e. The number of aromatic nitrogens is 5. The zero-order chi connectivity index (χ0) is 24.0. The molecular weight excluding hydrogens is 444 g/mol. The van der Waals surface area contributed by atoms with Crippen LogP contribution in [0.15, 0.2) is 35.4 Å². The number of benzene rings is 1. The van der Waals surface area contributed by atoms with Gasteiger partial charge >= 0.3 is 5.69 Å². The molecule has 0 spiro atoms. The maximum atomic E-state index is 15.0. The molecule has 5 rings (SSSR count). The summed E-state index contributed by atoms with van der Waals surface area (Å²) >= 11 is 0. The van der Waals surface area contributed by atoms with Crippen molar-refractivity contribution in [1.29, 1.82) is 0 Å². The molecule has 2 fully saturated rings. The molecule has 178 valence electrons. The van der Waals surface area contributed by atoms with E-state index < -0.39 is 17.7 Å². The van der Waals surface area contributed by atoms with Crippen LogP contribution in [0.1, 0.15) is 25.7 Å². The number of phenols is 1. The van der Waals surface area contributed by atoms with Crippen molar-refractivity contribution in [2.24, 2.45) is 7.05 Å². The van der Waals surface area contributed by atoms with Gasteiger partial charge in [0.2, 0.25) is 0 Å². The second-order valence-corrected chi connectivity index (χ2v) is 8.96. The van der Waals surface area contributed by atoms with E-state index in [1.807, 2.05) is 0 Å². The molecule has 34 heavy (non-hydrogen) atoms. The molecule has 2 aromatic heterocycles.